The van der Waals surface area contributed by atoms with E-state index in [9.17, 15) is 0 Å². The van der Waals surface area contributed by atoms with Crippen molar-refractivity contribution >= 4 is 11.6 Å². The molecule has 4 rings (SSSR count). The summed E-state index contributed by atoms with van der Waals surface area (Å²) in [4.78, 5) is 4.85. The molecule has 1 saturated heterocycles. The van der Waals surface area contributed by atoms with E-state index in [2.05, 4.69) is 39.1 Å². The second-order valence-corrected chi connectivity index (χ2v) is 7.72. The number of hydrogen-bond acceptors (Lipinski definition) is 6. The molecule has 29 heavy (non-hydrogen) atoms. The molecule has 6 nitrogen and oxygen atoms in total. The van der Waals surface area contributed by atoms with E-state index in [1.165, 1.54) is 5.56 Å². The van der Waals surface area contributed by atoms with E-state index >= 15 is 0 Å². The van der Waals surface area contributed by atoms with Gasteiger partial charge in [0, 0.05) is 43.3 Å². The first-order valence-corrected chi connectivity index (χ1v) is 10.2. The lowest BCUT2D eigenvalue weighted by Crippen LogP contribution is -2.46. The van der Waals surface area contributed by atoms with Crippen LogP contribution in [0, 0.1) is 0 Å². The zero-order valence-corrected chi connectivity index (χ0v) is 17.5. The number of nitrogens with zero attached hydrogens (tertiary/aromatic N) is 4. The van der Waals surface area contributed by atoms with Crippen molar-refractivity contribution in [1.29, 1.82) is 0 Å². The number of benzene rings is 2. The second-order valence-electron chi connectivity index (χ2n) is 7.29. The smallest absolute Gasteiger partial charge is 0.247 e. The van der Waals surface area contributed by atoms with Crippen LogP contribution >= 0.6 is 11.6 Å². The second kappa shape index (κ2) is 8.95. The van der Waals surface area contributed by atoms with Gasteiger partial charge in [0.15, 0.2) is 0 Å². The Hall–Kier alpha value is -2.41. The van der Waals surface area contributed by atoms with E-state index in [0.717, 1.165) is 49.1 Å². The van der Waals surface area contributed by atoms with Gasteiger partial charge in [-0.3, -0.25) is 9.80 Å². The maximum atomic E-state index is 5.98. The Labute approximate surface area is 176 Å². The predicted molar refractivity (Wildman–Crippen MR) is 113 cm³/mol. The van der Waals surface area contributed by atoms with Gasteiger partial charge in [-0.2, -0.15) is 0 Å². The summed E-state index contributed by atoms with van der Waals surface area (Å²) in [7, 11) is 1.65. The number of halogens is 1. The van der Waals surface area contributed by atoms with Crippen LogP contribution in [0.2, 0.25) is 5.02 Å². The molecular formula is C22H25ClN4O2. The molecule has 3 aromatic rings. The lowest BCUT2D eigenvalue weighted by atomic mass is 10.2. The molecule has 0 N–H and O–H groups in total. The van der Waals surface area contributed by atoms with E-state index in [1.807, 2.05) is 36.4 Å². The Morgan fingerprint density at radius 1 is 1.00 bits per heavy atom. The van der Waals surface area contributed by atoms with Crippen molar-refractivity contribution in [3.63, 3.8) is 0 Å². The third kappa shape index (κ3) is 4.78. The van der Waals surface area contributed by atoms with Crippen molar-refractivity contribution in [2.24, 2.45) is 0 Å². The van der Waals surface area contributed by atoms with Crippen molar-refractivity contribution in [1.82, 2.24) is 20.0 Å². The highest BCUT2D eigenvalue weighted by Crippen LogP contribution is 2.26. The molecule has 1 aromatic heterocycles. The summed E-state index contributed by atoms with van der Waals surface area (Å²) >= 11 is 5.98. The van der Waals surface area contributed by atoms with Gasteiger partial charge in [0.2, 0.25) is 11.8 Å². The predicted octanol–water partition coefficient (Wildman–Crippen LogP) is 4.28. The zero-order chi connectivity index (χ0) is 20.2. The van der Waals surface area contributed by atoms with Gasteiger partial charge in [0.1, 0.15) is 5.75 Å². The van der Waals surface area contributed by atoms with Crippen LogP contribution in [0.5, 0.6) is 5.75 Å². The van der Waals surface area contributed by atoms with Crippen molar-refractivity contribution in [3.05, 3.63) is 65.0 Å². The highest BCUT2D eigenvalue weighted by Gasteiger charge is 2.25. The minimum atomic E-state index is 0.0900. The molecule has 7 heteroatoms. The van der Waals surface area contributed by atoms with E-state index in [4.69, 9.17) is 20.8 Å². The highest BCUT2D eigenvalue weighted by molar-refractivity contribution is 6.30. The van der Waals surface area contributed by atoms with Crippen molar-refractivity contribution in [3.8, 4) is 17.2 Å². The van der Waals surface area contributed by atoms with Crippen molar-refractivity contribution in [2.45, 2.75) is 19.5 Å². The summed E-state index contributed by atoms with van der Waals surface area (Å²) in [6.45, 7) is 7.02. The topological polar surface area (TPSA) is 54.6 Å². The first-order valence-electron chi connectivity index (χ1n) is 9.81. The largest absolute Gasteiger partial charge is 0.497 e. The van der Waals surface area contributed by atoms with Gasteiger partial charge in [-0.1, -0.05) is 23.7 Å². The third-order valence-corrected chi connectivity index (χ3v) is 5.66. The molecule has 0 bridgehead atoms. The van der Waals surface area contributed by atoms with Crippen LogP contribution in [0.3, 0.4) is 0 Å². The van der Waals surface area contributed by atoms with Gasteiger partial charge in [-0.15, -0.1) is 10.2 Å². The van der Waals surface area contributed by atoms with Crippen molar-refractivity contribution < 1.29 is 9.15 Å². The van der Waals surface area contributed by atoms with Gasteiger partial charge in [0.05, 0.1) is 13.2 Å². The molecule has 0 spiro atoms. The van der Waals surface area contributed by atoms with Gasteiger partial charge in [-0.05, 0) is 48.9 Å². The Kier molecular flexibility index (Phi) is 6.13. The number of methoxy groups -OCH3 is 1. The molecular weight excluding hydrogens is 388 g/mol. The van der Waals surface area contributed by atoms with E-state index in [0.29, 0.717) is 11.8 Å². The summed E-state index contributed by atoms with van der Waals surface area (Å²) in [5.41, 5.74) is 2.18. The monoisotopic (exact) mass is 412 g/mol. The summed E-state index contributed by atoms with van der Waals surface area (Å²) in [6.07, 6.45) is 0. The lowest BCUT2D eigenvalue weighted by Gasteiger charge is -2.36. The van der Waals surface area contributed by atoms with Crippen LogP contribution in [-0.2, 0) is 6.54 Å². The molecule has 1 fully saturated rings. The first kappa shape index (κ1) is 19.9. The summed E-state index contributed by atoms with van der Waals surface area (Å²) in [5.74, 6) is 2.00. The van der Waals surface area contributed by atoms with E-state index in [-0.39, 0.29) is 6.04 Å². The fourth-order valence-corrected chi connectivity index (χ4v) is 3.69. The molecule has 1 aliphatic rings. The maximum absolute atomic E-state index is 5.98. The summed E-state index contributed by atoms with van der Waals surface area (Å²) in [6, 6.07) is 15.8. The van der Waals surface area contributed by atoms with Crippen LogP contribution in [0.15, 0.2) is 52.9 Å². The van der Waals surface area contributed by atoms with Crippen molar-refractivity contribution in [2.75, 3.05) is 33.3 Å². The minimum absolute atomic E-state index is 0.0900. The fourth-order valence-electron chi connectivity index (χ4n) is 3.57. The molecule has 0 radical (unpaired) electrons. The molecule has 152 valence electrons. The minimum Gasteiger partial charge on any atom is -0.497 e. The highest BCUT2D eigenvalue weighted by atomic mass is 35.5. The molecule has 0 amide bonds. The maximum Gasteiger partial charge on any atom is 0.247 e. The molecule has 0 unspecified atom stereocenters. The number of hydrogen-bond donors (Lipinski definition) is 0. The standard InChI is InChI=1S/C22H25ClN4O2/c1-16(21-24-25-22(29-21)18-5-9-20(28-2)10-6-18)27-13-11-26(12-14-27)15-17-3-7-19(23)8-4-17/h3-10,16H,11-15H2,1-2H3/t16-/m1/s1. The van der Waals surface area contributed by atoms with Gasteiger partial charge < -0.3 is 9.15 Å². The third-order valence-electron chi connectivity index (χ3n) is 5.41. The average Bonchev–Trinajstić information content (AvgIpc) is 3.26. The molecule has 1 aliphatic heterocycles. The fraction of sp³-hybridized carbons (Fsp3) is 0.364. The first-order chi connectivity index (χ1) is 14.1. The van der Waals surface area contributed by atoms with E-state index < -0.39 is 0 Å². The van der Waals surface area contributed by atoms with Gasteiger partial charge in [0.25, 0.3) is 0 Å². The van der Waals surface area contributed by atoms with Crippen LogP contribution in [0.25, 0.3) is 11.5 Å². The SMILES string of the molecule is COc1ccc(-c2nnc([C@@H](C)N3CCN(Cc4ccc(Cl)cc4)CC3)o2)cc1. The average molecular weight is 413 g/mol. The number of ether oxygens (including phenoxy) is 1. The van der Waals surface area contributed by atoms with Crippen LogP contribution in [0.1, 0.15) is 24.4 Å². The number of rotatable bonds is 6. The van der Waals surface area contributed by atoms with Crippen LogP contribution in [0.4, 0.5) is 0 Å². The summed E-state index contributed by atoms with van der Waals surface area (Å²) < 4.78 is 11.2. The molecule has 1 atom stereocenters. The Morgan fingerprint density at radius 3 is 2.34 bits per heavy atom. The molecule has 2 aromatic carbocycles. The molecule has 0 aliphatic carbocycles. The number of aromatic nitrogens is 2. The Bertz CT molecular complexity index is 919. The summed E-state index contributed by atoms with van der Waals surface area (Å²) in [5, 5.41) is 9.30. The zero-order valence-electron chi connectivity index (χ0n) is 16.7. The quantitative estimate of drug-likeness (QED) is 0.602. The van der Waals surface area contributed by atoms with Crippen LogP contribution < -0.4 is 4.74 Å². The molecule has 0 saturated carbocycles. The normalized spacial score (nSPS) is 16.7. The Balaban J connectivity index is 1.34. The van der Waals surface area contributed by atoms with E-state index in [1.54, 1.807) is 7.11 Å². The van der Waals surface area contributed by atoms with Gasteiger partial charge in [-0.25, -0.2) is 0 Å². The lowest BCUT2D eigenvalue weighted by molar-refractivity contribution is 0.0876. The van der Waals surface area contributed by atoms with Crippen LogP contribution in [-0.4, -0.2) is 53.3 Å². The molecule has 2 heterocycles. The number of piperazine rings is 1. The Morgan fingerprint density at radius 2 is 1.69 bits per heavy atom. The van der Waals surface area contributed by atoms with Gasteiger partial charge >= 0.3 is 0 Å².